The van der Waals surface area contributed by atoms with Gasteiger partial charge in [0.2, 0.25) is 0 Å². The van der Waals surface area contributed by atoms with E-state index in [1.165, 1.54) is 25.7 Å². The third kappa shape index (κ3) is 4.57. The summed E-state index contributed by atoms with van der Waals surface area (Å²) in [6.07, 6.45) is 11.2. The molecule has 2 fully saturated rings. The monoisotopic (exact) mass is 352 g/mol. The average Bonchev–Trinajstić information content (AvgIpc) is 2.89. The highest BCUT2D eigenvalue weighted by molar-refractivity contribution is 5.77. The van der Waals surface area contributed by atoms with Crippen LogP contribution in [0.1, 0.15) is 90.9 Å². The molecular formula is C21H36O4. The zero-order chi connectivity index (χ0) is 18.4. The van der Waals surface area contributed by atoms with E-state index >= 15 is 0 Å². The number of carbonyl (C=O) groups is 2. The minimum atomic E-state index is -0.869. The third-order valence-corrected chi connectivity index (χ3v) is 7.20. The topological polar surface area (TPSA) is 74.6 Å². The van der Waals surface area contributed by atoms with Crippen LogP contribution in [0.15, 0.2) is 0 Å². The van der Waals surface area contributed by atoms with Gasteiger partial charge in [-0.15, -0.1) is 0 Å². The minimum absolute atomic E-state index is 0.0290. The number of carboxylic acids is 2. The molecule has 2 rings (SSSR count). The second kappa shape index (κ2) is 9.05. The summed E-state index contributed by atoms with van der Waals surface area (Å²) in [7, 11) is 0. The van der Waals surface area contributed by atoms with Gasteiger partial charge in [-0.05, 0) is 42.9 Å². The van der Waals surface area contributed by atoms with E-state index in [-0.39, 0.29) is 18.3 Å². The van der Waals surface area contributed by atoms with E-state index in [9.17, 15) is 19.8 Å². The molecule has 0 heterocycles. The van der Waals surface area contributed by atoms with Gasteiger partial charge in [0, 0.05) is 6.42 Å². The second-order valence-electron chi connectivity index (χ2n) is 8.68. The summed E-state index contributed by atoms with van der Waals surface area (Å²) >= 11 is 0. The van der Waals surface area contributed by atoms with Crippen LogP contribution in [-0.4, -0.2) is 22.2 Å². The van der Waals surface area contributed by atoms with Crippen LogP contribution in [-0.2, 0) is 9.59 Å². The number of rotatable bonds is 6. The first kappa shape index (κ1) is 20.3. The number of aliphatic carboxylic acids is 2. The molecule has 4 heteroatoms. The van der Waals surface area contributed by atoms with E-state index in [0.29, 0.717) is 18.3 Å². The zero-order valence-electron chi connectivity index (χ0n) is 16.0. The van der Waals surface area contributed by atoms with Crippen molar-refractivity contribution >= 4 is 11.9 Å². The molecule has 25 heavy (non-hydrogen) atoms. The van der Waals surface area contributed by atoms with Crippen molar-refractivity contribution in [1.82, 2.24) is 0 Å². The Morgan fingerprint density at radius 1 is 0.800 bits per heavy atom. The van der Waals surface area contributed by atoms with Crippen molar-refractivity contribution in [2.45, 2.75) is 90.9 Å². The van der Waals surface area contributed by atoms with Crippen LogP contribution in [0, 0.1) is 29.1 Å². The Morgan fingerprint density at radius 2 is 1.24 bits per heavy atom. The summed E-state index contributed by atoms with van der Waals surface area (Å²) < 4.78 is 0. The Hall–Kier alpha value is -1.06. The molecule has 144 valence electrons. The lowest BCUT2D eigenvalue weighted by Crippen LogP contribution is -2.49. The molecule has 0 aromatic rings. The van der Waals surface area contributed by atoms with Crippen LogP contribution >= 0.6 is 0 Å². The fraction of sp³-hybridized carbons (Fsp3) is 0.905. The second-order valence-corrected chi connectivity index (χ2v) is 8.68. The predicted octanol–water partition coefficient (Wildman–Crippen LogP) is 5.36. The van der Waals surface area contributed by atoms with Gasteiger partial charge in [0.1, 0.15) is 0 Å². The highest BCUT2D eigenvalue weighted by atomic mass is 16.4. The van der Waals surface area contributed by atoms with Gasteiger partial charge in [-0.1, -0.05) is 65.2 Å². The molecule has 4 atom stereocenters. The molecule has 0 bridgehead atoms. The number of hydrogen-bond donors (Lipinski definition) is 2. The number of carboxylic acid groups (broad SMARTS) is 2. The van der Waals surface area contributed by atoms with Crippen molar-refractivity contribution in [3.63, 3.8) is 0 Å². The first-order valence-electron chi connectivity index (χ1n) is 10.3. The maximum atomic E-state index is 12.8. The number of hydrogen-bond acceptors (Lipinski definition) is 2. The summed E-state index contributed by atoms with van der Waals surface area (Å²) in [6, 6.07) is 0. The normalized spacial score (nSPS) is 33.7. The van der Waals surface area contributed by atoms with Crippen LogP contribution in [0.2, 0.25) is 0 Å². The highest BCUT2D eigenvalue weighted by Gasteiger charge is 2.54. The first-order chi connectivity index (χ1) is 11.9. The smallest absolute Gasteiger partial charge is 0.310 e. The molecule has 0 spiro atoms. The molecule has 2 aliphatic rings. The van der Waals surface area contributed by atoms with Crippen LogP contribution < -0.4 is 0 Å². The average molecular weight is 353 g/mol. The van der Waals surface area contributed by atoms with E-state index in [4.69, 9.17) is 0 Å². The Bertz CT molecular complexity index is 435. The van der Waals surface area contributed by atoms with Gasteiger partial charge >= 0.3 is 11.9 Å². The lowest BCUT2D eigenvalue weighted by Gasteiger charge is -2.47. The summed E-state index contributed by atoms with van der Waals surface area (Å²) in [5.74, 6) is -0.653. The molecule has 0 saturated heterocycles. The minimum Gasteiger partial charge on any atom is -0.481 e. The van der Waals surface area contributed by atoms with E-state index in [1.807, 2.05) is 0 Å². The predicted molar refractivity (Wildman–Crippen MR) is 98.4 cm³/mol. The van der Waals surface area contributed by atoms with E-state index in [2.05, 4.69) is 13.8 Å². The maximum Gasteiger partial charge on any atom is 0.310 e. The standard InChI is InChI=1S/C21H36O4/c1-15-9-5-3-7-11-17(15)21(20(24)25,14-13-19(22)23)18-12-8-4-6-10-16(18)2/h15-18H,3-14H2,1-2H3,(H,22,23)(H,24,25). The lowest BCUT2D eigenvalue weighted by atomic mass is 9.55. The lowest BCUT2D eigenvalue weighted by molar-refractivity contribution is -0.165. The quantitative estimate of drug-likeness (QED) is 0.631. The maximum absolute atomic E-state index is 12.8. The van der Waals surface area contributed by atoms with E-state index in [0.717, 1.165) is 38.5 Å². The third-order valence-electron chi connectivity index (χ3n) is 7.20. The molecule has 4 unspecified atom stereocenters. The summed E-state index contributed by atoms with van der Waals surface area (Å²) in [5, 5.41) is 19.8. The summed E-state index contributed by atoms with van der Waals surface area (Å²) in [6.45, 7) is 4.41. The first-order valence-corrected chi connectivity index (χ1v) is 10.3. The van der Waals surface area contributed by atoms with Crippen molar-refractivity contribution in [1.29, 1.82) is 0 Å². The molecule has 0 aromatic heterocycles. The van der Waals surface area contributed by atoms with Gasteiger partial charge in [-0.3, -0.25) is 9.59 Å². The Balaban J connectivity index is 2.45. The van der Waals surface area contributed by atoms with Gasteiger partial charge in [-0.25, -0.2) is 0 Å². The van der Waals surface area contributed by atoms with Gasteiger partial charge < -0.3 is 10.2 Å². The van der Waals surface area contributed by atoms with Crippen LogP contribution in [0.25, 0.3) is 0 Å². The molecule has 2 saturated carbocycles. The van der Waals surface area contributed by atoms with Crippen LogP contribution in [0.3, 0.4) is 0 Å². The molecule has 2 aliphatic carbocycles. The molecule has 2 N–H and O–H groups in total. The van der Waals surface area contributed by atoms with E-state index in [1.54, 1.807) is 0 Å². The van der Waals surface area contributed by atoms with Crippen molar-refractivity contribution in [3.05, 3.63) is 0 Å². The summed E-state index contributed by atoms with van der Waals surface area (Å²) in [4.78, 5) is 24.1. The van der Waals surface area contributed by atoms with Crippen molar-refractivity contribution in [3.8, 4) is 0 Å². The SMILES string of the molecule is CC1CCCCCC1C(CCC(=O)O)(C(=O)O)C1CCCCCC1C. The van der Waals surface area contributed by atoms with Crippen LogP contribution in [0.4, 0.5) is 0 Å². The van der Waals surface area contributed by atoms with Gasteiger partial charge in [-0.2, -0.15) is 0 Å². The highest BCUT2D eigenvalue weighted by Crippen LogP contribution is 2.54. The van der Waals surface area contributed by atoms with Gasteiger partial charge in [0.25, 0.3) is 0 Å². The van der Waals surface area contributed by atoms with Crippen LogP contribution in [0.5, 0.6) is 0 Å². The Labute approximate surface area is 152 Å². The van der Waals surface area contributed by atoms with Crippen molar-refractivity contribution in [2.24, 2.45) is 29.1 Å². The van der Waals surface area contributed by atoms with Crippen molar-refractivity contribution in [2.75, 3.05) is 0 Å². The zero-order valence-corrected chi connectivity index (χ0v) is 16.0. The van der Waals surface area contributed by atoms with Gasteiger partial charge in [0.05, 0.1) is 5.41 Å². The summed E-state index contributed by atoms with van der Waals surface area (Å²) in [5.41, 5.74) is -0.869. The fourth-order valence-corrected chi connectivity index (χ4v) is 5.90. The molecule has 0 aliphatic heterocycles. The largest absolute Gasteiger partial charge is 0.481 e. The van der Waals surface area contributed by atoms with E-state index < -0.39 is 17.4 Å². The Kier molecular flexibility index (Phi) is 7.33. The Morgan fingerprint density at radius 3 is 1.64 bits per heavy atom. The van der Waals surface area contributed by atoms with Crippen molar-refractivity contribution < 1.29 is 19.8 Å². The van der Waals surface area contributed by atoms with Gasteiger partial charge in [0.15, 0.2) is 0 Å². The fourth-order valence-electron chi connectivity index (χ4n) is 5.90. The molecule has 0 aromatic carbocycles. The molecule has 0 radical (unpaired) electrons. The molecule has 4 nitrogen and oxygen atoms in total. The molecule has 0 amide bonds. The molecular weight excluding hydrogens is 316 g/mol.